The van der Waals surface area contributed by atoms with Crippen molar-refractivity contribution < 1.29 is 9.59 Å². The number of nitrogens with zero attached hydrogens (tertiary/aromatic N) is 2. The van der Waals surface area contributed by atoms with Crippen molar-refractivity contribution in [2.45, 2.75) is 44.6 Å². The summed E-state index contributed by atoms with van der Waals surface area (Å²) in [5, 5.41) is 6.40. The number of carbonyl (C=O) groups is 2. The predicted octanol–water partition coefficient (Wildman–Crippen LogP) is 1.20. The molecule has 3 aliphatic rings. The minimum Gasteiger partial charge on any atom is -0.339 e. The van der Waals surface area contributed by atoms with Crippen LogP contribution in [0.2, 0.25) is 0 Å². The summed E-state index contributed by atoms with van der Waals surface area (Å²) in [7, 11) is 0. The van der Waals surface area contributed by atoms with Crippen molar-refractivity contribution in [3.63, 3.8) is 0 Å². The number of urea groups is 1. The first kappa shape index (κ1) is 18.3. The first-order valence-electron chi connectivity index (χ1n) is 8.79. The maximum absolute atomic E-state index is 12.4. The van der Waals surface area contributed by atoms with E-state index in [2.05, 4.69) is 10.6 Å². The van der Waals surface area contributed by atoms with Gasteiger partial charge in [0.05, 0.1) is 5.92 Å². The van der Waals surface area contributed by atoms with Gasteiger partial charge in [-0.15, -0.1) is 12.4 Å². The number of carbonyl (C=O) groups excluding carboxylic acids is 2. The molecular weight excluding hydrogens is 316 g/mol. The lowest BCUT2D eigenvalue weighted by molar-refractivity contribution is -0.136. The molecule has 1 saturated carbocycles. The molecule has 7 heteroatoms. The lowest BCUT2D eigenvalue weighted by atomic mass is 9.96. The predicted molar refractivity (Wildman–Crippen MR) is 91.8 cm³/mol. The smallest absolute Gasteiger partial charge is 0.317 e. The Hall–Kier alpha value is -1.01. The lowest BCUT2D eigenvalue weighted by Gasteiger charge is -2.37. The standard InChI is InChI=1S/C16H28N4O2.ClH/c21-15(13-6-7-17-12-13)19-8-10-20(11-9-19)16(22)18-14-4-2-1-3-5-14;/h13-14,17H,1-12H2,(H,18,22);1H. The van der Waals surface area contributed by atoms with Crippen molar-refractivity contribution in [3.05, 3.63) is 0 Å². The molecule has 3 rings (SSSR count). The number of piperazine rings is 1. The van der Waals surface area contributed by atoms with Crippen LogP contribution in [0, 0.1) is 5.92 Å². The van der Waals surface area contributed by atoms with Gasteiger partial charge in [-0.25, -0.2) is 4.79 Å². The first-order valence-corrected chi connectivity index (χ1v) is 8.79. The van der Waals surface area contributed by atoms with Gasteiger partial charge in [-0.2, -0.15) is 0 Å². The second kappa shape index (κ2) is 8.73. The molecule has 3 amide bonds. The average Bonchev–Trinajstić information content (AvgIpc) is 3.10. The number of halogens is 1. The van der Waals surface area contributed by atoms with Gasteiger partial charge < -0.3 is 20.4 Å². The molecule has 0 bridgehead atoms. The number of amides is 3. The van der Waals surface area contributed by atoms with Crippen LogP contribution in [-0.2, 0) is 4.79 Å². The molecule has 0 aromatic rings. The van der Waals surface area contributed by atoms with Crippen molar-refractivity contribution in [2.75, 3.05) is 39.3 Å². The molecule has 0 aromatic carbocycles. The third kappa shape index (κ3) is 4.73. The van der Waals surface area contributed by atoms with E-state index in [1.807, 2.05) is 9.80 Å². The summed E-state index contributed by atoms with van der Waals surface area (Å²) in [6.07, 6.45) is 6.91. The summed E-state index contributed by atoms with van der Waals surface area (Å²) >= 11 is 0. The fourth-order valence-electron chi connectivity index (χ4n) is 3.77. The second-order valence-electron chi connectivity index (χ2n) is 6.79. The molecule has 1 atom stereocenters. The summed E-state index contributed by atoms with van der Waals surface area (Å²) in [6.45, 7) is 4.41. The van der Waals surface area contributed by atoms with Crippen LogP contribution in [0.5, 0.6) is 0 Å². The van der Waals surface area contributed by atoms with Gasteiger partial charge in [0.2, 0.25) is 5.91 Å². The van der Waals surface area contributed by atoms with Gasteiger partial charge in [0.1, 0.15) is 0 Å². The minimum absolute atomic E-state index is 0. The van der Waals surface area contributed by atoms with E-state index < -0.39 is 0 Å². The quantitative estimate of drug-likeness (QED) is 0.791. The highest BCUT2D eigenvalue weighted by atomic mass is 35.5. The summed E-state index contributed by atoms with van der Waals surface area (Å²) in [5.74, 6) is 0.403. The van der Waals surface area contributed by atoms with Crippen molar-refractivity contribution in [3.8, 4) is 0 Å². The maximum Gasteiger partial charge on any atom is 0.317 e. The molecule has 132 valence electrons. The Balaban J connectivity index is 0.00000192. The van der Waals surface area contributed by atoms with Crippen LogP contribution in [0.15, 0.2) is 0 Å². The van der Waals surface area contributed by atoms with Crippen LogP contribution in [0.25, 0.3) is 0 Å². The Morgan fingerprint density at radius 3 is 2.17 bits per heavy atom. The summed E-state index contributed by atoms with van der Waals surface area (Å²) in [6, 6.07) is 0.409. The summed E-state index contributed by atoms with van der Waals surface area (Å²) in [5.41, 5.74) is 0. The Kier molecular flexibility index (Phi) is 6.96. The first-order chi connectivity index (χ1) is 10.7. The van der Waals surface area contributed by atoms with Crippen LogP contribution in [0.4, 0.5) is 4.79 Å². The van der Waals surface area contributed by atoms with E-state index in [4.69, 9.17) is 0 Å². The lowest BCUT2D eigenvalue weighted by Crippen LogP contribution is -2.55. The fraction of sp³-hybridized carbons (Fsp3) is 0.875. The van der Waals surface area contributed by atoms with Crippen LogP contribution in [0.3, 0.4) is 0 Å². The Labute approximate surface area is 144 Å². The van der Waals surface area contributed by atoms with E-state index in [0.717, 1.165) is 32.4 Å². The molecular formula is C16H29ClN4O2. The highest BCUT2D eigenvalue weighted by molar-refractivity contribution is 5.85. The van der Waals surface area contributed by atoms with Gasteiger partial charge in [0, 0.05) is 38.8 Å². The summed E-state index contributed by atoms with van der Waals surface area (Å²) < 4.78 is 0. The van der Waals surface area contributed by atoms with Crippen LogP contribution >= 0.6 is 12.4 Å². The zero-order valence-electron chi connectivity index (χ0n) is 13.8. The van der Waals surface area contributed by atoms with Gasteiger partial charge in [0.25, 0.3) is 0 Å². The van der Waals surface area contributed by atoms with E-state index in [0.29, 0.717) is 32.2 Å². The van der Waals surface area contributed by atoms with E-state index in [-0.39, 0.29) is 30.3 Å². The molecule has 2 heterocycles. The van der Waals surface area contributed by atoms with Gasteiger partial charge in [0.15, 0.2) is 0 Å². The van der Waals surface area contributed by atoms with Gasteiger partial charge in [-0.05, 0) is 25.8 Å². The van der Waals surface area contributed by atoms with Crippen LogP contribution in [0.1, 0.15) is 38.5 Å². The molecule has 1 unspecified atom stereocenters. The highest BCUT2D eigenvalue weighted by Gasteiger charge is 2.30. The monoisotopic (exact) mass is 344 g/mol. The Morgan fingerprint density at radius 1 is 0.913 bits per heavy atom. The van der Waals surface area contributed by atoms with E-state index in [9.17, 15) is 9.59 Å². The van der Waals surface area contributed by atoms with Crippen molar-refractivity contribution in [1.82, 2.24) is 20.4 Å². The van der Waals surface area contributed by atoms with E-state index in [1.165, 1.54) is 19.3 Å². The second-order valence-corrected chi connectivity index (χ2v) is 6.79. The zero-order chi connectivity index (χ0) is 15.4. The third-order valence-corrected chi connectivity index (χ3v) is 5.22. The largest absolute Gasteiger partial charge is 0.339 e. The Morgan fingerprint density at radius 2 is 1.57 bits per heavy atom. The summed E-state index contributed by atoms with van der Waals surface area (Å²) in [4.78, 5) is 28.5. The number of rotatable bonds is 2. The normalized spacial score (nSPS) is 25.8. The number of nitrogens with one attached hydrogen (secondary N) is 2. The van der Waals surface area contributed by atoms with Crippen molar-refractivity contribution in [1.29, 1.82) is 0 Å². The van der Waals surface area contributed by atoms with Crippen molar-refractivity contribution >= 4 is 24.3 Å². The van der Waals surface area contributed by atoms with E-state index in [1.54, 1.807) is 0 Å². The maximum atomic E-state index is 12.4. The third-order valence-electron chi connectivity index (χ3n) is 5.22. The van der Waals surface area contributed by atoms with Gasteiger partial charge >= 0.3 is 6.03 Å². The SMILES string of the molecule is Cl.O=C(NC1CCCCC1)N1CCN(C(=O)C2CCNC2)CC1. The number of hydrogen-bond donors (Lipinski definition) is 2. The molecule has 2 saturated heterocycles. The molecule has 0 spiro atoms. The molecule has 2 aliphatic heterocycles. The average molecular weight is 345 g/mol. The topological polar surface area (TPSA) is 64.7 Å². The molecule has 0 radical (unpaired) electrons. The fourth-order valence-corrected chi connectivity index (χ4v) is 3.77. The Bertz CT molecular complexity index is 401. The van der Waals surface area contributed by atoms with Gasteiger partial charge in [-0.3, -0.25) is 4.79 Å². The molecule has 3 fully saturated rings. The number of hydrogen-bond acceptors (Lipinski definition) is 3. The minimum atomic E-state index is 0. The van der Waals surface area contributed by atoms with Crippen LogP contribution < -0.4 is 10.6 Å². The molecule has 0 aromatic heterocycles. The molecule has 1 aliphatic carbocycles. The molecule has 2 N–H and O–H groups in total. The van der Waals surface area contributed by atoms with Crippen LogP contribution in [-0.4, -0.2) is 67.0 Å². The molecule has 6 nitrogen and oxygen atoms in total. The van der Waals surface area contributed by atoms with Gasteiger partial charge in [-0.1, -0.05) is 19.3 Å². The molecule has 23 heavy (non-hydrogen) atoms. The van der Waals surface area contributed by atoms with E-state index >= 15 is 0 Å². The zero-order valence-corrected chi connectivity index (χ0v) is 14.6. The highest BCUT2D eigenvalue weighted by Crippen LogP contribution is 2.18. The van der Waals surface area contributed by atoms with Crippen molar-refractivity contribution in [2.24, 2.45) is 5.92 Å².